The van der Waals surface area contributed by atoms with E-state index in [0.29, 0.717) is 10.7 Å². The van der Waals surface area contributed by atoms with Gasteiger partial charge in [-0.25, -0.2) is 0 Å². The molecule has 0 aliphatic carbocycles. The van der Waals surface area contributed by atoms with Crippen molar-refractivity contribution in [2.75, 3.05) is 5.32 Å². The van der Waals surface area contributed by atoms with Gasteiger partial charge in [0.2, 0.25) is 5.13 Å². The summed E-state index contributed by atoms with van der Waals surface area (Å²) in [6.45, 7) is 2.08. The van der Waals surface area contributed by atoms with Gasteiger partial charge in [0.1, 0.15) is 5.01 Å². The standard InChI is InChI=1S/C12H12BrN3OS/c1-2-5-10-15-16-12(18-10)14-11(17)8-6-3-4-7-9(8)13/h3-4,6-7H,2,5H2,1H3,(H,14,16,17). The number of halogens is 1. The van der Waals surface area contributed by atoms with Crippen LogP contribution in [0.2, 0.25) is 0 Å². The quantitative estimate of drug-likeness (QED) is 0.935. The summed E-state index contributed by atoms with van der Waals surface area (Å²) >= 11 is 4.76. The van der Waals surface area contributed by atoms with Gasteiger partial charge in [-0.1, -0.05) is 30.4 Å². The Hall–Kier alpha value is -1.27. The van der Waals surface area contributed by atoms with Gasteiger partial charge in [-0.2, -0.15) is 0 Å². The van der Waals surface area contributed by atoms with Crippen molar-refractivity contribution in [3.05, 3.63) is 39.3 Å². The SMILES string of the molecule is CCCc1nnc(NC(=O)c2ccccc2Br)s1. The van der Waals surface area contributed by atoms with Gasteiger partial charge in [0.05, 0.1) is 5.56 Å². The number of anilines is 1. The van der Waals surface area contributed by atoms with Crippen molar-refractivity contribution in [1.29, 1.82) is 0 Å². The normalized spacial score (nSPS) is 10.3. The van der Waals surface area contributed by atoms with Crippen LogP contribution in [0.5, 0.6) is 0 Å². The minimum atomic E-state index is -0.179. The van der Waals surface area contributed by atoms with E-state index in [1.165, 1.54) is 11.3 Å². The van der Waals surface area contributed by atoms with Crippen molar-refractivity contribution in [3.8, 4) is 0 Å². The Kier molecular flexibility index (Phi) is 4.43. The van der Waals surface area contributed by atoms with E-state index in [1.807, 2.05) is 18.2 Å². The number of aryl methyl sites for hydroxylation is 1. The van der Waals surface area contributed by atoms with Gasteiger partial charge in [-0.05, 0) is 34.5 Å². The number of amides is 1. The second-order valence-electron chi connectivity index (χ2n) is 3.68. The first-order valence-corrected chi connectivity index (χ1v) is 7.20. The van der Waals surface area contributed by atoms with Crippen LogP contribution in [0.1, 0.15) is 28.7 Å². The Morgan fingerprint density at radius 1 is 1.39 bits per heavy atom. The molecule has 4 nitrogen and oxygen atoms in total. The van der Waals surface area contributed by atoms with E-state index in [9.17, 15) is 4.79 Å². The van der Waals surface area contributed by atoms with Crippen LogP contribution in [0.25, 0.3) is 0 Å². The minimum Gasteiger partial charge on any atom is -0.296 e. The number of carbonyl (C=O) groups excluding carboxylic acids is 1. The van der Waals surface area contributed by atoms with Gasteiger partial charge >= 0.3 is 0 Å². The first kappa shape index (κ1) is 13.2. The predicted molar refractivity (Wildman–Crippen MR) is 76.0 cm³/mol. The van der Waals surface area contributed by atoms with Gasteiger partial charge in [-0.3, -0.25) is 10.1 Å². The van der Waals surface area contributed by atoms with Crippen LogP contribution < -0.4 is 5.32 Å². The number of nitrogens with one attached hydrogen (secondary N) is 1. The zero-order valence-electron chi connectivity index (χ0n) is 9.81. The second kappa shape index (κ2) is 6.06. The van der Waals surface area contributed by atoms with E-state index in [4.69, 9.17) is 0 Å². The molecule has 0 aliphatic heterocycles. The van der Waals surface area contributed by atoms with E-state index in [1.54, 1.807) is 6.07 Å². The second-order valence-corrected chi connectivity index (χ2v) is 5.60. The Balaban J connectivity index is 2.09. The highest BCUT2D eigenvalue weighted by Crippen LogP contribution is 2.20. The molecule has 1 aromatic carbocycles. The van der Waals surface area contributed by atoms with E-state index in [-0.39, 0.29) is 5.91 Å². The first-order chi connectivity index (χ1) is 8.70. The molecule has 2 aromatic rings. The summed E-state index contributed by atoms with van der Waals surface area (Å²) in [5.74, 6) is -0.179. The van der Waals surface area contributed by atoms with Crippen molar-refractivity contribution >= 4 is 38.3 Å². The maximum absolute atomic E-state index is 12.0. The Labute approximate surface area is 118 Å². The highest BCUT2D eigenvalue weighted by atomic mass is 79.9. The summed E-state index contributed by atoms with van der Waals surface area (Å²) in [7, 11) is 0. The molecule has 0 radical (unpaired) electrons. The van der Waals surface area contributed by atoms with Crippen molar-refractivity contribution < 1.29 is 4.79 Å². The lowest BCUT2D eigenvalue weighted by molar-refractivity contribution is 0.102. The number of rotatable bonds is 4. The number of nitrogens with zero attached hydrogens (tertiary/aromatic N) is 2. The summed E-state index contributed by atoms with van der Waals surface area (Å²) in [4.78, 5) is 12.0. The molecule has 0 spiro atoms. The monoisotopic (exact) mass is 325 g/mol. The summed E-state index contributed by atoms with van der Waals surface area (Å²) in [6.07, 6.45) is 1.91. The average molecular weight is 326 g/mol. The third kappa shape index (κ3) is 3.14. The third-order valence-electron chi connectivity index (χ3n) is 2.27. The molecule has 1 amide bonds. The minimum absolute atomic E-state index is 0.179. The topological polar surface area (TPSA) is 54.9 Å². The fourth-order valence-corrected chi connectivity index (χ4v) is 2.73. The van der Waals surface area contributed by atoms with Gasteiger partial charge in [0.25, 0.3) is 5.91 Å². The molecule has 0 unspecified atom stereocenters. The highest BCUT2D eigenvalue weighted by molar-refractivity contribution is 9.10. The Morgan fingerprint density at radius 3 is 2.89 bits per heavy atom. The van der Waals surface area contributed by atoms with Crippen LogP contribution >= 0.6 is 27.3 Å². The summed E-state index contributed by atoms with van der Waals surface area (Å²) in [5.41, 5.74) is 0.588. The molecule has 1 N–H and O–H groups in total. The summed E-state index contributed by atoms with van der Waals surface area (Å²) < 4.78 is 0.765. The van der Waals surface area contributed by atoms with Crippen LogP contribution in [0.3, 0.4) is 0 Å². The van der Waals surface area contributed by atoms with Crippen LogP contribution in [-0.4, -0.2) is 16.1 Å². The molecule has 0 atom stereocenters. The lowest BCUT2D eigenvalue weighted by atomic mass is 10.2. The maximum atomic E-state index is 12.0. The fraction of sp³-hybridized carbons (Fsp3) is 0.250. The number of benzene rings is 1. The zero-order chi connectivity index (χ0) is 13.0. The lowest BCUT2D eigenvalue weighted by Gasteiger charge is -2.02. The molecular formula is C12H12BrN3OS. The number of hydrogen-bond acceptors (Lipinski definition) is 4. The molecule has 0 fully saturated rings. The van der Waals surface area contributed by atoms with Gasteiger partial charge < -0.3 is 0 Å². The summed E-state index contributed by atoms with van der Waals surface area (Å²) in [6, 6.07) is 7.28. The fourth-order valence-electron chi connectivity index (χ4n) is 1.43. The Bertz CT molecular complexity index is 556. The van der Waals surface area contributed by atoms with Crippen molar-refractivity contribution in [2.45, 2.75) is 19.8 Å². The molecule has 6 heteroatoms. The number of aromatic nitrogens is 2. The lowest BCUT2D eigenvalue weighted by Crippen LogP contribution is -2.12. The first-order valence-electron chi connectivity index (χ1n) is 5.59. The average Bonchev–Trinajstić information content (AvgIpc) is 2.77. The van der Waals surface area contributed by atoms with Crippen molar-refractivity contribution in [1.82, 2.24) is 10.2 Å². The smallest absolute Gasteiger partial charge is 0.258 e. The number of carbonyl (C=O) groups is 1. The van der Waals surface area contributed by atoms with Gasteiger partial charge in [0.15, 0.2) is 0 Å². The maximum Gasteiger partial charge on any atom is 0.258 e. The molecule has 1 heterocycles. The highest BCUT2D eigenvalue weighted by Gasteiger charge is 2.12. The number of hydrogen-bond donors (Lipinski definition) is 1. The molecule has 0 saturated heterocycles. The van der Waals surface area contributed by atoms with Gasteiger partial charge in [-0.15, -0.1) is 10.2 Å². The van der Waals surface area contributed by atoms with E-state index in [0.717, 1.165) is 22.3 Å². The zero-order valence-corrected chi connectivity index (χ0v) is 12.2. The largest absolute Gasteiger partial charge is 0.296 e. The van der Waals surface area contributed by atoms with Crippen LogP contribution in [0.15, 0.2) is 28.7 Å². The molecule has 0 saturated carbocycles. The van der Waals surface area contributed by atoms with Crippen LogP contribution in [0.4, 0.5) is 5.13 Å². The van der Waals surface area contributed by atoms with Crippen molar-refractivity contribution in [2.24, 2.45) is 0 Å². The molecule has 0 aliphatic rings. The van der Waals surface area contributed by atoms with E-state index < -0.39 is 0 Å². The van der Waals surface area contributed by atoms with Gasteiger partial charge in [0, 0.05) is 10.9 Å². The van der Waals surface area contributed by atoms with Crippen molar-refractivity contribution in [3.63, 3.8) is 0 Å². The van der Waals surface area contributed by atoms with Crippen LogP contribution in [-0.2, 0) is 6.42 Å². The predicted octanol–water partition coefficient (Wildman–Crippen LogP) is 3.51. The molecule has 0 bridgehead atoms. The molecule has 94 valence electrons. The van der Waals surface area contributed by atoms with Crippen LogP contribution in [0, 0.1) is 0 Å². The summed E-state index contributed by atoms with van der Waals surface area (Å²) in [5, 5.41) is 12.2. The molecular weight excluding hydrogens is 314 g/mol. The molecule has 1 aromatic heterocycles. The molecule has 18 heavy (non-hydrogen) atoms. The third-order valence-corrected chi connectivity index (χ3v) is 3.86. The van der Waals surface area contributed by atoms with E-state index in [2.05, 4.69) is 38.4 Å². The molecule has 2 rings (SSSR count). The Morgan fingerprint density at radius 2 is 2.17 bits per heavy atom. The van der Waals surface area contributed by atoms with E-state index >= 15 is 0 Å².